The number of hydrogen-bond acceptors (Lipinski definition) is 1. The molecule has 0 aromatic heterocycles. The molecule has 3 aromatic rings. The van der Waals surface area contributed by atoms with Gasteiger partial charge in [0.2, 0.25) is 0 Å². The van der Waals surface area contributed by atoms with E-state index in [0.717, 1.165) is 36.8 Å². The van der Waals surface area contributed by atoms with Crippen LogP contribution in [0, 0.1) is 30.3 Å². The zero-order valence-corrected chi connectivity index (χ0v) is 20.1. The van der Waals surface area contributed by atoms with Crippen molar-refractivity contribution in [1.82, 2.24) is 0 Å². The molecule has 4 heteroatoms. The van der Waals surface area contributed by atoms with Crippen molar-refractivity contribution in [3.8, 4) is 16.9 Å². The van der Waals surface area contributed by atoms with Gasteiger partial charge >= 0.3 is 0 Å². The van der Waals surface area contributed by atoms with Crippen LogP contribution in [-0.4, -0.2) is 6.61 Å². The van der Waals surface area contributed by atoms with Crippen LogP contribution in [0.1, 0.15) is 54.7 Å². The van der Waals surface area contributed by atoms with Crippen LogP contribution >= 0.6 is 0 Å². The summed E-state index contributed by atoms with van der Waals surface area (Å²) in [7, 11) is 0. The van der Waals surface area contributed by atoms with Crippen LogP contribution in [0.2, 0.25) is 0 Å². The van der Waals surface area contributed by atoms with Crippen molar-refractivity contribution in [2.45, 2.75) is 44.9 Å². The molecule has 182 valence electrons. The third kappa shape index (κ3) is 6.05. The Hall–Kier alpha value is -3.27. The highest BCUT2D eigenvalue weighted by Gasteiger charge is 2.25. The van der Waals surface area contributed by atoms with Gasteiger partial charge in [-0.15, -0.1) is 6.58 Å². The Labute approximate surface area is 206 Å². The summed E-state index contributed by atoms with van der Waals surface area (Å²) >= 11 is 0. The Morgan fingerprint density at radius 2 is 1.66 bits per heavy atom. The van der Waals surface area contributed by atoms with Crippen LogP contribution in [0.25, 0.3) is 17.2 Å². The third-order valence-electron chi connectivity index (χ3n) is 6.78. The molecule has 3 aromatic carbocycles. The Morgan fingerprint density at radius 3 is 2.34 bits per heavy atom. The monoisotopic (exact) mass is 476 g/mol. The van der Waals surface area contributed by atoms with Crippen LogP contribution in [0.4, 0.5) is 13.2 Å². The number of ether oxygens (including phenoxy) is 1. The summed E-state index contributed by atoms with van der Waals surface area (Å²) in [5, 5.41) is 0. The summed E-state index contributed by atoms with van der Waals surface area (Å²) in [4.78, 5) is 0. The van der Waals surface area contributed by atoms with Gasteiger partial charge in [-0.1, -0.05) is 66.3 Å². The normalized spacial score (nSPS) is 18.1. The summed E-state index contributed by atoms with van der Waals surface area (Å²) in [6, 6.07) is 15.8. The molecule has 0 atom stereocenters. The summed E-state index contributed by atoms with van der Waals surface area (Å²) in [5.74, 6) is -1.30. The average Bonchev–Trinajstić information content (AvgIpc) is 2.87. The molecule has 0 bridgehead atoms. The van der Waals surface area contributed by atoms with Gasteiger partial charge in [0.05, 0.1) is 6.61 Å². The minimum absolute atomic E-state index is 0.00524. The van der Waals surface area contributed by atoms with Gasteiger partial charge in [0.1, 0.15) is 0 Å². The maximum Gasteiger partial charge on any atom is 0.166 e. The van der Waals surface area contributed by atoms with E-state index in [4.69, 9.17) is 4.74 Å². The predicted octanol–water partition coefficient (Wildman–Crippen LogP) is 9.02. The number of allylic oxidation sites excluding steroid dienone is 1. The highest BCUT2D eigenvalue weighted by molar-refractivity contribution is 5.65. The van der Waals surface area contributed by atoms with Crippen LogP contribution < -0.4 is 4.74 Å². The third-order valence-corrected chi connectivity index (χ3v) is 6.78. The molecule has 1 fully saturated rings. The molecule has 4 rings (SSSR count). The summed E-state index contributed by atoms with van der Waals surface area (Å²) in [6.07, 6.45) is 9.77. The van der Waals surface area contributed by atoms with E-state index in [0.29, 0.717) is 35.6 Å². The molecule has 0 radical (unpaired) electrons. The molecule has 1 aliphatic carbocycles. The van der Waals surface area contributed by atoms with E-state index >= 15 is 4.39 Å². The van der Waals surface area contributed by atoms with E-state index in [1.165, 1.54) is 6.07 Å². The number of halogens is 3. The molecule has 0 saturated heterocycles. The first-order valence-corrected chi connectivity index (χ1v) is 12.2. The predicted molar refractivity (Wildman–Crippen MR) is 137 cm³/mol. The van der Waals surface area contributed by atoms with Gasteiger partial charge in [0.25, 0.3) is 0 Å². The lowest BCUT2D eigenvalue weighted by Gasteiger charge is -2.27. The Balaban J connectivity index is 1.37. The van der Waals surface area contributed by atoms with Crippen LogP contribution in [-0.2, 0) is 0 Å². The fourth-order valence-corrected chi connectivity index (χ4v) is 4.70. The Bertz CT molecular complexity index is 1190. The van der Waals surface area contributed by atoms with Gasteiger partial charge in [0, 0.05) is 5.56 Å². The molecule has 1 aliphatic rings. The van der Waals surface area contributed by atoms with Crippen molar-refractivity contribution in [3.63, 3.8) is 0 Å². The van der Waals surface area contributed by atoms with E-state index in [-0.39, 0.29) is 17.5 Å². The molecule has 0 heterocycles. The second-order valence-corrected chi connectivity index (χ2v) is 9.28. The van der Waals surface area contributed by atoms with Gasteiger partial charge < -0.3 is 4.74 Å². The zero-order chi connectivity index (χ0) is 24.8. The standard InChI is InChI=1S/C31H31F3O/c1-3-4-19-35-29-18-11-23(20-28(29)32)8-7-22-9-14-25(15-10-22)27-17-16-26(30(33)31(27)34)24-12-5-21(2)6-13-24/h3,5-8,11-13,16-18,20,22,25H,1,4,9-10,14-15,19H2,2H3/b8-7+. The molecular formula is C31H31F3O. The van der Waals surface area contributed by atoms with Gasteiger partial charge in [0.15, 0.2) is 23.2 Å². The summed E-state index contributed by atoms with van der Waals surface area (Å²) < 4.78 is 49.6. The largest absolute Gasteiger partial charge is 0.490 e. The number of rotatable bonds is 8. The fraction of sp³-hybridized carbons (Fsp3) is 0.290. The average molecular weight is 477 g/mol. The van der Waals surface area contributed by atoms with Gasteiger partial charge in [-0.3, -0.25) is 0 Å². The molecule has 0 aliphatic heterocycles. The van der Waals surface area contributed by atoms with Crippen LogP contribution in [0.5, 0.6) is 5.75 Å². The molecule has 0 spiro atoms. The first-order chi connectivity index (χ1) is 17.0. The summed E-state index contributed by atoms with van der Waals surface area (Å²) in [6.45, 7) is 5.99. The molecule has 0 N–H and O–H groups in total. The van der Waals surface area contributed by atoms with E-state index in [1.54, 1.807) is 24.3 Å². The molecule has 1 nitrogen and oxygen atoms in total. The quantitative estimate of drug-likeness (QED) is 0.233. The summed E-state index contributed by atoms with van der Waals surface area (Å²) in [5.41, 5.74) is 3.30. The van der Waals surface area contributed by atoms with E-state index < -0.39 is 11.6 Å². The topological polar surface area (TPSA) is 9.23 Å². The molecule has 35 heavy (non-hydrogen) atoms. The lowest BCUT2D eigenvalue weighted by atomic mass is 9.78. The van der Waals surface area contributed by atoms with Crippen molar-refractivity contribution in [2.75, 3.05) is 6.61 Å². The first-order valence-electron chi connectivity index (χ1n) is 12.2. The lowest BCUT2D eigenvalue weighted by Crippen LogP contribution is -2.13. The number of aryl methyl sites for hydroxylation is 1. The van der Waals surface area contributed by atoms with Crippen LogP contribution in [0.15, 0.2) is 73.3 Å². The second-order valence-electron chi connectivity index (χ2n) is 9.28. The maximum absolute atomic E-state index is 15.0. The smallest absolute Gasteiger partial charge is 0.166 e. The second kappa shape index (κ2) is 11.4. The highest BCUT2D eigenvalue weighted by atomic mass is 19.2. The van der Waals surface area contributed by atoms with E-state index in [1.807, 2.05) is 43.3 Å². The van der Waals surface area contributed by atoms with Crippen molar-refractivity contribution in [2.24, 2.45) is 5.92 Å². The van der Waals surface area contributed by atoms with E-state index in [2.05, 4.69) is 12.7 Å². The van der Waals surface area contributed by atoms with Crippen molar-refractivity contribution >= 4 is 6.08 Å². The molecule has 1 saturated carbocycles. The first kappa shape index (κ1) is 24.8. The van der Waals surface area contributed by atoms with Crippen molar-refractivity contribution in [3.05, 3.63) is 107 Å². The van der Waals surface area contributed by atoms with Crippen molar-refractivity contribution in [1.29, 1.82) is 0 Å². The van der Waals surface area contributed by atoms with Crippen LogP contribution in [0.3, 0.4) is 0 Å². The molecule has 0 amide bonds. The minimum atomic E-state index is -0.771. The zero-order valence-electron chi connectivity index (χ0n) is 20.1. The minimum Gasteiger partial charge on any atom is -0.490 e. The van der Waals surface area contributed by atoms with Crippen molar-refractivity contribution < 1.29 is 17.9 Å². The SMILES string of the molecule is C=CCCOc1ccc(/C=C/C2CCC(c3ccc(-c4ccc(C)cc4)c(F)c3F)CC2)cc1F. The van der Waals surface area contributed by atoms with Gasteiger partial charge in [-0.2, -0.15) is 0 Å². The van der Waals surface area contributed by atoms with Gasteiger partial charge in [-0.25, -0.2) is 13.2 Å². The maximum atomic E-state index is 15.0. The molecular weight excluding hydrogens is 445 g/mol. The van der Waals surface area contributed by atoms with E-state index in [9.17, 15) is 8.78 Å². The van der Waals surface area contributed by atoms with Gasteiger partial charge in [-0.05, 0) is 79.7 Å². The molecule has 0 unspecified atom stereocenters. The highest BCUT2D eigenvalue weighted by Crippen LogP contribution is 2.39. The fourth-order valence-electron chi connectivity index (χ4n) is 4.70. The Morgan fingerprint density at radius 1 is 0.914 bits per heavy atom. The lowest BCUT2D eigenvalue weighted by molar-refractivity contribution is 0.308. The number of hydrogen-bond donors (Lipinski definition) is 0. The number of benzene rings is 3. The Kier molecular flexibility index (Phi) is 8.12.